The van der Waals surface area contributed by atoms with E-state index in [0.717, 1.165) is 37.1 Å². The molecule has 0 radical (unpaired) electrons. The molecule has 3 heterocycles. The predicted molar refractivity (Wildman–Crippen MR) is 98.7 cm³/mol. The van der Waals surface area contributed by atoms with Crippen molar-refractivity contribution in [1.82, 2.24) is 4.98 Å². The van der Waals surface area contributed by atoms with Crippen molar-refractivity contribution in [2.24, 2.45) is 5.92 Å². The monoisotopic (exact) mass is 394 g/mol. The lowest BCUT2D eigenvalue weighted by atomic mass is 10.0. The quantitative estimate of drug-likeness (QED) is 0.819. The fourth-order valence-electron chi connectivity index (χ4n) is 3.72. The Hall–Kier alpha value is -2.71. The molecule has 9 heteroatoms. The second kappa shape index (κ2) is 7.03. The van der Waals surface area contributed by atoms with E-state index in [2.05, 4.69) is 15.6 Å². The Balaban J connectivity index is 1.61. The molecule has 4 rings (SSSR count). The van der Waals surface area contributed by atoms with E-state index in [0.29, 0.717) is 24.7 Å². The first-order valence-corrected chi connectivity index (χ1v) is 9.32. The largest absolute Gasteiger partial charge is 0.437 e. The Morgan fingerprint density at radius 2 is 2.21 bits per heavy atom. The van der Waals surface area contributed by atoms with Crippen LogP contribution in [0.2, 0.25) is 0 Å². The number of nitrogens with zero attached hydrogens (tertiary/aromatic N) is 2. The van der Waals surface area contributed by atoms with Crippen molar-refractivity contribution in [3.8, 4) is 0 Å². The van der Waals surface area contributed by atoms with Gasteiger partial charge in [0.2, 0.25) is 5.76 Å². The molecular formula is C19H21F3N4O2. The zero-order valence-corrected chi connectivity index (χ0v) is 15.4. The molecule has 150 valence electrons. The number of hydrogen-bond donors (Lipinski definition) is 2. The topological polar surface area (TPSA) is 70.4 Å². The summed E-state index contributed by atoms with van der Waals surface area (Å²) >= 11 is 0. The lowest BCUT2D eigenvalue weighted by molar-refractivity contribution is -0.141. The molecule has 1 atom stereocenters. The molecule has 1 unspecified atom stereocenters. The molecule has 28 heavy (non-hydrogen) atoms. The summed E-state index contributed by atoms with van der Waals surface area (Å²) in [6, 6.07) is 5.04. The van der Waals surface area contributed by atoms with Gasteiger partial charge in [0.1, 0.15) is 0 Å². The number of benzene rings is 1. The minimum atomic E-state index is -4.78. The fraction of sp³-hybridized carbons (Fsp3) is 0.474. The summed E-state index contributed by atoms with van der Waals surface area (Å²) in [5, 5.41) is 5.70. The molecule has 0 spiro atoms. The van der Waals surface area contributed by atoms with Crippen LogP contribution in [0, 0.1) is 5.92 Å². The number of nitrogens with one attached hydrogen (secondary N) is 2. The van der Waals surface area contributed by atoms with E-state index in [1.54, 1.807) is 23.1 Å². The highest BCUT2D eigenvalue weighted by Gasteiger charge is 2.42. The molecular weight excluding hydrogens is 373 g/mol. The van der Waals surface area contributed by atoms with Crippen LogP contribution in [-0.2, 0) is 12.6 Å². The van der Waals surface area contributed by atoms with Gasteiger partial charge in [-0.1, -0.05) is 6.92 Å². The van der Waals surface area contributed by atoms with Gasteiger partial charge >= 0.3 is 6.18 Å². The second-order valence-corrected chi connectivity index (χ2v) is 7.37. The minimum Gasteiger partial charge on any atom is -0.417 e. The van der Waals surface area contributed by atoms with Gasteiger partial charge in [0.05, 0.1) is 0 Å². The highest BCUT2D eigenvalue weighted by atomic mass is 19.4. The third kappa shape index (κ3) is 3.65. The van der Waals surface area contributed by atoms with E-state index in [-0.39, 0.29) is 6.01 Å². The second-order valence-electron chi connectivity index (χ2n) is 7.37. The van der Waals surface area contributed by atoms with E-state index < -0.39 is 23.5 Å². The summed E-state index contributed by atoms with van der Waals surface area (Å²) in [7, 11) is 0. The highest BCUT2D eigenvalue weighted by molar-refractivity contribution is 6.03. The average Bonchev–Trinajstić information content (AvgIpc) is 3.28. The van der Waals surface area contributed by atoms with Crippen LogP contribution in [0.5, 0.6) is 0 Å². The van der Waals surface area contributed by atoms with Crippen LogP contribution in [0.25, 0.3) is 0 Å². The van der Waals surface area contributed by atoms with Crippen molar-refractivity contribution in [1.29, 1.82) is 0 Å². The van der Waals surface area contributed by atoms with Crippen molar-refractivity contribution in [2.45, 2.75) is 32.4 Å². The maximum Gasteiger partial charge on any atom is 0.437 e. The molecule has 2 N–H and O–H groups in total. The number of hydrogen-bond acceptors (Lipinski definition) is 5. The van der Waals surface area contributed by atoms with E-state index in [1.807, 2.05) is 6.92 Å². The van der Waals surface area contributed by atoms with Crippen LogP contribution in [0.1, 0.15) is 41.6 Å². The number of halogens is 3. The number of carbonyl (C=O) groups is 1. The lowest BCUT2D eigenvalue weighted by Gasteiger charge is -2.29. The first kappa shape index (κ1) is 18.6. The average molecular weight is 394 g/mol. The van der Waals surface area contributed by atoms with Gasteiger partial charge in [-0.15, -0.1) is 0 Å². The first-order chi connectivity index (χ1) is 13.3. The molecule has 2 aliphatic heterocycles. The Morgan fingerprint density at radius 3 is 2.96 bits per heavy atom. The molecule has 0 aliphatic carbocycles. The molecule has 1 aromatic carbocycles. The van der Waals surface area contributed by atoms with Gasteiger partial charge in [0.25, 0.3) is 11.9 Å². The number of anilines is 3. The van der Waals surface area contributed by atoms with Crippen molar-refractivity contribution < 1.29 is 22.4 Å². The lowest BCUT2D eigenvalue weighted by Crippen LogP contribution is -2.34. The Bertz CT molecular complexity index is 894. The van der Waals surface area contributed by atoms with E-state index >= 15 is 0 Å². The summed E-state index contributed by atoms with van der Waals surface area (Å²) < 4.78 is 45.7. The van der Waals surface area contributed by atoms with Gasteiger partial charge in [-0.2, -0.15) is 18.2 Å². The summed E-state index contributed by atoms with van der Waals surface area (Å²) in [5.74, 6) is -1.44. The Labute approximate surface area is 160 Å². The van der Waals surface area contributed by atoms with Crippen LogP contribution in [0.4, 0.5) is 30.6 Å². The van der Waals surface area contributed by atoms with Gasteiger partial charge < -0.3 is 20.0 Å². The van der Waals surface area contributed by atoms with Gasteiger partial charge in [0.15, 0.2) is 5.69 Å². The maximum atomic E-state index is 13.5. The summed E-state index contributed by atoms with van der Waals surface area (Å²) in [6.45, 7) is 3.93. The number of rotatable bonds is 3. The number of aromatic nitrogens is 1. The number of piperidine rings is 1. The third-order valence-electron chi connectivity index (χ3n) is 5.09. The van der Waals surface area contributed by atoms with Gasteiger partial charge in [-0.3, -0.25) is 4.79 Å². The molecule has 1 saturated heterocycles. The maximum absolute atomic E-state index is 13.5. The van der Waals surface area contributed by atoms with Crippen LogP contribution in [0.3, 0.4) is 0 Å². The molecule has 1 amide bonds. The van der Waals surface area contributed by atoms with Crippen LogP contribution >= 0.6 is 0 Å². The normalized spacial score (nSPS) is 19.3. The van der Waals surface area contributed by atoms with E-state index in [4.69, 9.17) is 4.42 Å². The Kier molecular flexibility index (Phi) is 4.68. The molecule has 0 saturated carbocycles. The van der Waals surface area contributed by atoms with E-state index in [9.17, 15) is 18.0 Å². The van der Waals surface area contributed by atoms with Crippen LogP contribution in [0.15, 0.2) is 22.6 Å². The van der Waals surface area contributed by atoms with Crippen LogP contribution in [-0.4, -0.2) is 30.5 Å². The number of oxazole rings is 1. The summed E-state index contributed by atoms with van der Waals surface area (Å²) in [6.07, 6.45) is -2.14. The molecule has 2 aliphatic rings. The van der Waals surface area contributed by atoms with Crippen LogP contribution < -0.4 is 15.5 Å². The molecule has 1 fully saturated rings. The zero-order valence-electron chi connectivity index (χ0n) is 15.4. The number of carbonyl (C=O) groups excluding carboxylic acids is 1. The number of amides is 1. The van der Waals surface area contributed by atoms with Crippen molar-refractivity contribution >= 4 is 23.3 Å². The molecule has 1 aromatic heterocycles. The number of fused-ring (bicyclic) bond motifs is 1. The molecule has 2 aromatic rings. The van der Waals surface area contributed by atoms with Gasteiger partial charge in [-0.05, 0) is 48.9 Å². The third-order valence-corrected chi connectivity index (χ3v) is 5.09. The van der Waals surface area contributed by atoms with E-state index in [1.165, 1.54) is 0 Å². The molecule has 0 bridgehead atoms. The highest BCUT2D eigenvalue weighted by Crippen LogP contribution is 2.35. The minimum absolute atomic E-state index is 0.151. The molecule has 6 nitrogen and oxygen atoms in total. The number of alkyl halides is 3. The first-order valence-electron chi connectivity index (χ1n) is 9.32. The summed E-state index contributed by atoms with van der Waals surface area (Å²) in [4.78, 5) is 17.9. The standard InChI is InChI=1S/C19H21F3N4O2/c1-11-3-2-8-26(10-11)18-25-16(19(20,21)22)15(28-18)17(27)24-13-4-5-14-12(9-13)6-7-23-14/h4-5,9,11,23H,2-3,6-8,10H2,1H3,(H,24,27). The SMILES string of the molecule is CC1CCCN(c2nc(C(F)(F)F)c(C(=O)Nc3ccc4c(c3)CCN4)o2)C1. The van der Waals surface area contributed by atoms with Gasteiger partial charge in [-0.25, -0.2) is 0 Å². The zero-order chi connectivity index (χ0) is 19.9. The Morgan fingerprint density at radius 1 is 1.39 bits per heavy atom. The van der Waals surface area contributed by atoms with Crippen molar-refractivity contribution in [2.75, 3.05) is 35.2 Å². The van der Waals surface area contributed by atoms with Crippen molar-refractivity contribution in [3.05, 3.63) is 35.2 Å². The fourth-order valence-corrected chi connectivity index (χ4v) is 3.72. The van der Waals surface area contributed by atoms with Crippen molar-refractivity contribution in [3.63, 3.8) is 0 Å². The summed E-state index contributed by atoms with van der Waals surface area (Å²) in [5.41, 5.74) is 1.11. The smallest absolute Gasteiger partial charge is 0.417 e. The van der Waals surface area contributed by atoms with Gasteiger partial charge in [0, 0.05) is 31.0 Å². The predicted octanol–water partition coefficient (Wildman–Crippen LogP) is 4.15.